The van der Waals surface area contributed by atoms with Gasteiger partial charge >= 0.3 is 0 Å². The maximum atomic E-state index is 4.77. The lowest BCUT2D eigenvalue weighted by molar-refractivity contribution is 1.17. The van der Waals surface area contributed by atoms with Crippen molar-refractivity contribution < 1.29 is 0 Å². The third kappa shape index (κ3) is 4.65. The normalized spacial score (nSPS) is 11.7. The Morgan fingerprint density at radius 2 is 1.09 bits per heavy atom. The van der Waals surface area contributed by atoms with E-state index >= 15 is 0 Å². The number of hydrogen-bond donors (Lipinski definition) is 0. The number of fused-ring (bicyclic) bond motifs is 9. The van der Waals surface area contributed by atoms with Crippen LogP contribution in [0.15, 0.2) is 200 Å². The van der Waals surface area contributed by atoms with Gasteiger partial charge < -0.3 is 9.47 Å². The lowest BCUT2D eigenvalue weighted by Crippen LogP contribution is -2.10. The highest BCUT2D eigenvalue weighted by Crippen LogP contribution is 2.51. The monoisotopic (exact) mass is 687 g/mol. The first kappa shape index (κ1) is 30.4. The average molecular weight is 688 g/mol. The summed E-state index contributed by atoms with van der Waals surface area (Å²) in [6, 6.07) is 68.2. The molecule has 11 rings (SSSR count). The van der Waals surface area contributed by atoms with E-state index in [9.17, 15) is 0 Å². The molecule has 0 spiro atoms. The molecule has 0 bridgehead atoms. The zero-order chi connectivity index (χ0) is 35.6. The second-order valence-electron chi connectivity index (χ2n) is 14.0. The van der Waals surface area contributed by atoms with Crippen molar-refractivity contribution in [2.75, 3.05) is 4.90 Å². The molecular weight excluding hydrogens is 655 g/mol. The van der Waals surface area contributed by atoms with Crippen LogP contribution in [0.4, 0.5) is 17.1 Å². The van der Waals surface area contributed by atoms with Crippen LogP contribution in [0.5, 0.6) is 0 Å². The highest BCUT2D eigenvalue weighted by Gasteiger charge is 2.27. The summed E-state index contributed by atoms with van der Waals surface area (Å²) in [5, 5.41) is 4.95. The first-order valence-corrected chi connectivity index (χ1v) is 18.5. The van der Waals surface area contributed by atoms with E-state index in [1.54, 1.807) is 0 Å². The summed E-state index contributed by atoms with van der Waals surface area (Å²) >= 11 is 0. The van der Waals surface area contributed by atoms with Crippen molar-refractivity contribution in [2.24, 2.45) is 0 Å². The fourth-order valence-electron chi connectivity index (χ4n) is 8.69. The van der Waals surface area contributed by atoms with Gasteiger partial charge in [0.1, 0.15) is 0 Å². The van der Waals surface area contributed by atoms with Crippen LogP contribution in [-0.4, -0.2) is 9.55 Å². The van der Waals surface area contributed by atoms with Crippen molar-refractivity contribution in [1.82, 2.24) is 9.55 Å². The highest BCUT2D eigenvalue weighted by atomic mass is 15.1. The Bertz CT molecular complexity index is 2990. The number of rotatable bonds is 5. The maximum Gasteiger partial charge on any atom is 0.0626 e. The fraction of sp³-hybridized carbons (Fsp3) is 0. The van der Waals surface area contributed by atoms with Gasteiger partial charge in [-0.05, 0) is 98.8 Å². The van der Waals surface area contributed by atoms with Crippen molar-refractivity contribution in [2.45, 2.75) is 0 Å². The van der Waals surface area contributed by atoms with E-state index in [2.05, 4.69) is 204 Å². The number of nitrogens with zero attached hydrogens (tertiary/aromatic N) is 3. The van der Waals surface area contributed by atoms with Gasteiger partial charge in [-0.2, -0.15) is 0 Å². The van der Waals surface area contributed by atoms with E-state index in [1.807, 2.05) is 6.20 Å². The SMILES string of the molecule is c1ccc(-c2cc(N(c3ccccc3)c3ccccc3)cc(-n3c4ccccc4c4ccc5c(c43)-c3cnccc3-c3cccc4cccc-5c34)c2)cc1. The molecule has 0 N–H and O–H groups in total. The van der Waals surface area contributed by atoms with E-state index in [0.717, 1.165) is 45.0 Å². The molecule has 0 radical (unpaired) electrons. The van der Waals surface area contributed by atoms with E-state index in [1.165, 1.54) is 54.9 Å². The summed E-state index contributed by atoms with van der Waals surface area (Å²) in [5.41, 5.74) is 16.2. The molecule has 0 saturated carbocycles. The molecular formula is C51H33N3. The molecule has 252 valence electrons. The first-order valence-electron chi connectivity index (χ1n) is 18.5. The van der Waals surface area contributed by atoms with Gasteiger partial charge in [0.15, 0.2) is 0 Å². The van der Waals surface area contributed by atoms with Crippen molar-refractivity contribution in [3.63, 3.8) is 0 Å². The quantitative estimate of drug-likeness (QED) is 0.180. The zero-order valence-electron chi connectivity index (χ0n) is 29.4. The van der Waals surface area contributed by atoms with E-state index in [0.29, 0.717) is 0 Å². The van der Waals surface area contributed by atoms with E-state index < -0.39 is 0 Å². The van der Waals surface area contributed by atoms with Crippen LogP contribution in [0.3, 0.4) is 0 Å². The lowest BCUT2D eigenvalue weighted by atomic mass is 9.92. The van der Waals surface area contributed by atoms with Gasteiger partial charge in [0.2, 0.25) is 0 Å². The van der Waals surface area contributed by atoms with Crippen LogP contribution in [0.1, 0.15) is 0 Å². The summed E-state index contributed by atoms with van der Waals surface area (Å²) < 4.78 is 2.50. The van der Waals surface area contributed by atoms with E-state index in [4.69, 9.17) is 4.98 Å². The number of hydrogen-bond acceptors (Lipinski definition) is 2. The average Bonchev–Trinajstić information content (AvgIpc) is 3.52. The molecule has 0 unspecified atom stereocenters. The molecule has 10 aromatic rings. The van der Waals surface area contributed by atoms with Gasteiger partial charge in [0.25, 0.3) is 0 Å². The molecule has 2 heterocycles. The van der Waals surface area contributed by atoms with Crippen LogP contribution in [0.2, 0.25) is 0 Å². The predicted molar refractivity (Wildman–Crippen MR) is 226 cm³/mol. The Morgan fingerprint density at radius 1 is 0.426 bits per heavy atom. The number of aromatic nitrogens is 2. The minimum Gasteiger partial charge on any atom is -0.310 e. The number of benzene rings is 8. The molecule has 0 fully saturated rings. The second kappa shape index (κ2) is 12.2. The summed E-state index contributed by atoms with van der Waals surface area (Å²) in [5.74, 6) is 0. The minimum atomic E-state index is 1.08. The minimum absolute atomic E-state index is 1.08. The number of pyridine rings is 1. The van der Waals surface area contributed by atoms with Gasteiger partial charge in [-0.1, -0.05) is 133 Å². The Hall–Kier alpha value is -7.23. The molecule has 54 heavy (non-hydrogen) atoms. The van der Waals surface area contributed by atoms with Gasteiger partial charge in [0, 0.05) is 57.0 Å². The van der Waals surface area contributed by atoms with Crippen molar-refractivity contribution in [1.29, 1.82) is 0 Å². The van der Waals surface area contributed by atoms with Crippen molar-refractivity contribution in [3.8, 4) is 50.2 Å². The molecule has 3 heteroatoms. The molecule has 0 aliphatic heterocycles. The molecule has 3 nitrogen and oxygen atoms in total. The maximum absolute atomic E-state index is 4.77. The Kier molecular flexibility index (Phi) is 6.86. The summed E-state index contributed by atoms with van der Waals surface area (Å²) in [7, 11) is 0. The van der Waals surface area contributed by atoms with E-state index in [-0.39, 0.29) is 0 Å². The Labute approximate surface area is 313 Å². The molecule has 2 aromatic heterocycles. The van der Waals surface area contributed by atoms with Gasteiger partial charge in [-0.3, -0.25) is 4.98 Å². The van der Waals surface area contributed by atoms with Gasteiger partial charge in [-0.25, -0.2) is 0 Å². The smallest absolute Gasteiger partial charge is 0.0626 e. The van der Waals surface area contributed by atoms with Crippen molar-refractivity contribution in [3.05, 3.63) is 200 Å². The second-order valence-corrected chi connectivity index (χ2v) is 14.0. The first-order chi connectivity index (χ1) is 26.8. The fourth-order valence-corrected chi connectivity index (χ4v) is 8.69. The van der Waals surface area contributed by atoms with Gasteiger partial charge in [0.05, 0.1) is 11.0 Å². The molecule has 8 aromatic carbocycles. The zero-order valence-corrected chi connectivity index (χ0v) is 29.4. The lowest BCUT2D eigenvalue weighted by Gasteiger charge is -2.27. The Balaban J connectivity index is 1.29. The summed E-state index contributed by atoms with van der Waals surface area (Å²) in [6.45, 7) is 0. The topological polar surface area (TPSA) is 21.1 Å². The third-order valence-corrected chi connectivity index (χ3v) is 11.0. The number of anilines is 3. The highest BCUT2D eigenvalue weighted by molar-refractivity contribution is 6.21. The largest absolute Gasteiger partial charge is 0.310 e. The molecule has 0 atom stereocenters. The molecule has 0 saturated heterocycles. The summed E-state index contributed by atoms with van der Waals surface area (Å²) in [6.07, 6.45) is 4.00. The van der Waals surface area contributed by atoms with Crippen molar-refractivity contribution >= 4 is 49.6 Å². The van der Waals surface area contributed by atoms with Crippen LogP contribution in [0, 0.1) is 0 Å². The molecule has 1 aliphatic rings. The van der Waals surface area contributed by atoms with Crippen LogP contribution >= 0.6 is 0 Å². The van der Waals surface area contributed by atoms with Crippen LogP contribution in [-0.2, 0) is 0 Å². The summed E-state index contributed by atoms with van der Waals surface area (Å²) in [4.78, 5) is 7.13. The molecule has 1 aliphatic carbocycles. The molecule has 0 amide bonds. The third-order valence-electron chi connectivity index (χ3n) is 11.0. The Morgan fingerprint density at radius 3 is 1.83 bits per heavy atom. The van der Waals surface area contributed by atoms with Gasteiger partial charge in [-0.15, -0.1) is 0 Å². The predicted octanol–water partition coefficient (Wildman–Crippen LogP) is 13.8. The van der Waals surface area contributed by atoms with Crippen LogP contribution in [0.25, 0.3) is 82.8 Å². The number of para-hydroxylation sites is 3. The van der Waals surface area contributed by atoms with Crippen LogP contribution < -0.4 is 4.90 Å². The standard InChI is InChI=1S/C51H33N3/c1-4-14-34(15-5-1)36-30-39(53(37-18-6-2-7-19-37)38-20-8-3-9-21-38)32-40(31-36)54-48-25-11-10-22-42(48)46-27-26-45-44-24-13-17-35-16-12-23-43(49(35)44)41-28-29-52-33-47(41)50(45)51(46)54/h1-33H.